The minimum Gasteiger partial charge on any atom is -0.481 e. The molecule has 27 heavy (non-hydrogen) atoms. The van der Waals surface area contributed by atoms with Gasteiger partial charge in [-0.05, 0) is 55.9 Å². The summed E-state index contributed by atoms with van der Waals surface area (Å²) in [5, 5.41) is 10.1. The van der Waals surface area contributed by atoms with Crippen LogP contribution in [0, 0.1) is 0 Å². The highest BCUT2D eigenvalue weighted by molar-refractivity contribution is 7.98. The van der Waals surface area contributed by atoms with E-state index in [0.29, 0.717) is 18.8 Å². The van der Waals surface area contributed by atoms with Crippen molar-refractivity contribution in [3.05, 3.63) is 60.2 Å². The smallest absolute Gasteiger partial charge is 0.263 e. The van der Waals surface area contributed by atoms with Crippen molar-refractivity contribution in [2.45, 2.75) is 36.2 Å². The van der Waals surface area contributed by atoms with Crippen LogP contribution in [0.25, 0.3) is 0 Å². The Morgan fingerprint density at radius 2 is 1.93 bits per heavy atom. The SMILES string of the molecule is CSc1ccc(O[C@@H](C)C(=O)N2CCC[C@@](CO)(c3ccccc3)C2)cc1. The standard InChI is InChI=1S/C22H27NO3S/c1-17(26-19-9-11-20(27-2)12-10-19)21(25)23-14-6-13-22(15-23,16-24)18-7-4-3-5-8-18/h3-5,7-12,17,24H,6,13-16H2,1-2H3/t17-,22+/m0/s1. The molecule has 2 atom stereocenters. The molecule has 2 aromatic rings. The van der Waals surface area contributed by atoms with Crippen molar-refractivity contribution in [3.63, 3.8) is 0 Å². The van der Waals surface area contributed by atoms with Crippen LogP contribution in [0.3, 0.4) is 0 Å². The molecule has 1 aliphatic rings. The normalized spacial score (nSPS) is 20.9. The average Bonchev–Trinajstić information content (AvgIpc) is 2.74. The van der Waals surface area contributed by atoms with Gasteiger partial charge >= 0.3 is 0 Å². The number of aliphatic hydroxyl groups excluding tert-OH is 1. The van der Waals surface area contributed by atoms with Crippen LogP contribution in [-0.4, -0.2) is 48.0 Å². The van der Waals surface area contributed by atoms with E-state index in [-0.39, 0.29) is 12.5 Å². The van der Waals surface area contributed by atoms with Crippen LogP contribution in [0.1, 0.15) is 25.3 Å². The molecule has 0 saturated carbocycles. The first-order valence-electron chi connectivity index (χ1n) is 9.34. The van der Waals surface area contributed by atoms with Crippen LogP contribution in [0.5, 0.6) is 5.75 Å². The molecule has 1 amide bonds. The molecule has 1 saturated heterocycles. The van der Waals surface area contributed by atoms with Gasteiger partial charge in [-0.25, -0.2) is 0 Å². The number of benzene rings is 2. The molecule has 1 N–H and O–H groups in total. The zero-order valence-electron chi connectivity index (χ0n) is 15.9. The van der Waals surface area contributed by atoms with Gasteiger partial charge in [-0.2, -0.15) is 0 Å². The van der Waals surface area contributed by atoms with Gasteiger partial charge in [0.05, 0.1) is 6.61 Å². The number of rotatable bonds is 6. The van der Waals surface area contributed by atoms with Gasteiger partial charge in [-0.15, -0.1) is 11.8 Å². The second-order valence-electron chi connectivity index (χ2n) is 7.10. The first-order chi connectivity index (χ1) is 13.1. The summed E-state index contributed by atoms with van der Waals surface area (Å²) >= 11 is 1.67. The molecule has 0 spiro atoms. The molecule has 144 valence electrons. The summed E-state index contributed by atoms with van der Waals surface area (Å²) in [6, 6.07) is 17.8. The molecule has 3 rings (SSSR count). The summed E-state index contributed by atoms with van der Waals surface area (Å²) in [7, 11) is 0. The molecule has 4 nitrogen and oxygen atoms in total. The average molecular weight is 386 g/mol. The lowest BCUT2D eigenvalue weighted by molar-refractivity contribution is -0.140. The van der Waals surface area contributed by atoms with E-state index in [1.54, 1.807) is 18.7 Å². The van der Waals surface area contributed by atoms with E-state index in [1.807, 2.05) is 65.8 Å². The van der Waals surface area contributed by atoms with Gasteiger partial charge in [0.15, 0.2) is 6.10 Å². The number of aliphatic hydroxyl groups is 1. The van der Waals surface area contributed by atoms with Gasteiger partial charge in [-0.3, -0.25) is 4.79 Å². The van der Waals surface area contributed by atoms with E-state index in [2.05, 4.69) is 0 Å². The third-order valence-corrected chi connectivity index (χ3v) is 6.04. The molecular weight excluding hydrogens is 358 g/mol. The Morgan fingerprint density at radius 3 is 2.56 bits per heavy atom. The molecule has 2 aromatic carbocycles. The van der Waals surface area contributed by atoms with Crippen molar-refractivity contribution in [1.82, 2.24) is 4.90 Å². The van der Waals surface area contributed by atoms with Crippen molar-refractivity contribution in [2.24, 2.45) is 0 Å². The van der Waals surface area contributed by atoms with Gasteiger partial charge in [0.2, 0.25) is 0 Å². The lowest BCUT2D eigenvalue weighted by Gasteiger charge is -2.42. The summed E-state index contributed by atoms with van der Waals surface area (Å²) in [6.45, 7) is 3.05. The third kappa shape index (κ3) is 4.47. The van der Waals surface area contributed by atoms with E-state index in [9.17, 15) is 9.90 Å². The quantitative estimate of drug-likeness (QED) is 0.770. The van der Waals surface area contributed by atoms with Crippen molar-refractivity contribution >= 4 is 17.7 Å². The Kier molecular flexibility index (Phi) is 6.45. The number of thioether (sulfide) groups is 1. The first-order valence-corrected chi connectivity index (χ1v) is 10.6. The largest absolute Gasteiger partial charge is 0.481 e. The summed E-state index contributed by atoms with van der Waals surface area (Å²) in [6.07, 6.45) is 3.22. The summed E-state index contributed by atoms with van der Waals surface area (Å²) in [5.41, 5.74) is 0.695. The number of ether oxygens (including phenoxy) is 1. The predicted octanol–water partition coefficient (Wildman–Crippen LogP) is 3.73. The number of hydrogen-bond acceptors (Lipinski definition) is 4. The predicted molar refractivity (Wildman–Crippen MR) is 109 cm³/mol. The van der Waals surface area contributed by atoms with Crippen LogP contribution in [0.4, 0.5) is 0 Å². The van der Waals surface area contributed by atoms with Gasteiger partial charge in [0, 0.05) is 23.4 Å². The summed E-state index contributed by atoms with van der Waals surface area (Å²) < 4.78 is 5.87. The number of carbonyl (C=O) groups is 1. The number of amides is 1. The summed E-state index contributed by atoms with van der Waals surface area (Å²) in [4.78, 5) is 16.0. The number of nitrogens with zero attached hydrogens (tertiary/aromatic N) is 1. The Morgan fingerprint density at radius 1 is 1.22 bits per heavy atom. The maximum absolute atomic E-state index is 13.0. The lowest BCUT2D eigenvalue weighted by Crippen LogP contribution is -2.53. The van der Waals surface area contributed by atoms with Crippen molar-refractivity contribution in [1.29, 1.82) is 0 Å². The number of piperidine rings is 1. The highest BCUT2D eigenvalue weighted by atomic mass is 32.2. The van der Waals surface area contributed by atoms with Crippen molar-refractivity contribution < 1.29 is 14.6 Å². The fourth-order valence-electron chi connectivity index (χ4n) is 3.73. The van der Waals surface area contributed by atoms with E-state index in [1.165, 1.54) is 0 Å². The number of carbonyl (C=O) groups excluding carboxylic acids is 1. The van der Waals surface area contributed by atoms with Crippen LogP contribution in [-0.2, 0) is 10.2 Å². The van der Waals surface area contributed by atoms with Crippen molar-refractivity contribution in [3.8, 4) is 5.75 Å². The number of likely N-dealkylation sites (tertiary alicyclic amines) is 1. The van der Waals surface area contributed by atoms with Crippen LogP contribution < -0.4 is 4.74 Å². The minimum absolute atomic E-state index is 0.0302. The molecule has 1 aliphatic heterocycles. The van der Waals surface area contributed by atoms with Crippen LogP contribution in [0.2, 0.25) is 0 Å². The van der Waals surface area contributed by atoms with Crippen molar-refractivity contribution in [2.75, 3.05) is 26.0 Å². The van der Waals surface area contributed by atoms with Gasteiger partial charge < -0.3 is 14.7 Å². The van der Waals surface area contributed by atoms with Crippen LogP contribution >= 0.6 is 11.8 Å². The zero-order chi connectivity index (χ0) is 19.3. The Labute approximate surface area is 165 Å². The van der Waals surface area contributed by atoms with E-state index in [0.717, 1.165) is 23.3 Å². The zero-order valence-corrected chi connectivity index (χ0v) is 16.7. The fraction of sp³-hybridized carbons (Fsp3) is 0.409. The molecule has 0 radical (unpaired) electrons. The highest BCUT2D eigenvalue weighted by Crippen LogP contribution is 2.34. The van der Waals surface area contributed by atoms with Gasteiger partial charge in [-0.1, -0.05) is 30.3 Å². The molecule has 0 aliphatic carbocycles. The van der Waals surface area contributed by atoms with Gasteiger partial charge in [0.25, 0.3) is 5.91 Å². The number of hydrogen-bond donors (Lipinski definition) is 1. The van der Waals surface area contributed by atoms with Gasteiger partial charge in [0.1, 0.15) is 5.75 Å². The Hall–Kier alpha value is -1.98. The molecule has 0 unspecified atom stereocenters. The monoisotopic (exact) mass is 385 g/mol. The highest BCUT2D eigenvalue weighted by Gasteiger charge is 2.39. The molecular formula is C22H27NO3S. The minimum atomic E-state index is -0.560. The first kappa shape index (κ1) is 19.8. The molecule has 5 heteroatoms. The molecule has 0 bridgehead atoms. The third-order valence-electron chi connectivity index (χ3n) is 5.30. The molecule has 1 fully saturated rings. The van der Waals surface area contributed by atoms with Crippen LogP contribution in [0.15, 0.2) is 59.5 Å². The van der Waals surface area contributed by atoms with E-state index in [4.69, 9.17) is 4.74 Å². The Bertz CT molecular complexity index is 750. The Balaban J connectivity index is 1.70. The van der Waals surface area contributed by atoms with E-state index < -0.39 is 11.5 Å². The second kappa shape index (κ2) is 8.81. The maximum Gasteiger partial charge on any atom is 0.263 e. The fourth-order valence-corrected chi connectivity index (χ4v) is 4.14. The summed E-state index contributed by atoms with van der Waals surface area (Å²) in [5.74, 6) is 0.666. The lowest BCUT2D eigenvalue weighted by atomic mass is 9.74. The topological polar surface area (TPSA) is 49.8 Å². The molecule has 0 aromatic heterocycles. The van der Waals surface area contributed by atoms with E-state index >= 15 is 0 Å². The second-order valence-corrected chi connectivity index (χ2v) is 7.98. The maximum atomic E-state index is 13.0. The molecule has 1 heterocycles.